The molecule has 131 heavy (non-hydrogen) atoms. The molecule has 15 N–H and O–H groups in total. The van der Waals surface area contributed by atoms with E-state index in [1.165, 1.54) is 91.4 Å². The van der Waals surface area contributed by atoms with Gasteiger partial charge in [0.05, 0.1) is 25.3 Å². The second-order valence-corrected chi connectivity index (χ2v) is 35.0. The number of aromatic nitrogens is 1. The number of phenols is 2. The second-order valence-electron chi connectivity index (χ2n) is 34.0. The third-order valence-electron chi connectivity index (χ3n) is 23.1. The van der Waals surface area contributed by atoms with E-state index in [9.17, 15) is 44.1 Å². The molecule has 0 unspecified atom stereocenters. The molecule has 36 heteroatoms. The maximum absolute atomic E-state index is 15.7. The Bertz CT molecular complexity index is 5160. The van der Waals surface area contributed by atoms with Crippen molar-refractivity contribution in [3.8, 4) is 11.5 Å². The van der Waals surface area contributed by atoms with E-state index in [1.807, 2.05) is 6.92 Å². The van der Waals surface area contributed by atoms with Crippen LogP contribution >= 0.6 is 11.8 Å². The first-order valence-electron chi connectivity index (χ1n) is 43.8. The number of nitrogens with two attached hydrogens (primary N) is 1. The number of fused-ring (bicyclic) bond motifs is 2. The summed E-state index contributed by atoms with van der Waals surface area (Å²) in [7, 11) is 5.31. The summed E-state index contributed by atoms with van der Waals surface area (Å²) in [6.07, 6.45) is 0.455. The van der Waals surface area contributed by atoms with Crippen LogP contribution in [-0.2, 0) is 115 Å². The Labute approximate surface area is 765 Å². The number of carbonyl (C=O) groups is 16. The molecular formula is C95H120N16O19S. The number of benzene rings is 6. The van der Waals surface area contributed by atoms with Crippen molar-refractivity contribution in [1.82, 2.24) is 77.3 Å². The number of likely N-dealkylation sites (N-methyl/N-ethyl adjacent to an activating group) is 4. The molecule has 0 aliphatic carbocycles. The predicted octanol–water partition coefficient (Wildman–Crippen LogP) is 2.86. The number of aromatic hydroxyl groups is 2. The number of carbonyl (C=O) groups excluding carboxylic acids is 15. The molecule has 1 aromatic heterocycles. The summed E-state index contributed by atoms with van der Waals surface area (Å²) in [6, 6.07) is 26.3. The van der Waals surface area contributed by atoms with Crippen LogP contribution in [0.4, 0.5) is 0 Å². The first kappa shape index (κ1) is 101. The van der Waals surface area contributed by atoms with Gasteiger partial charge in [0.15, 0.2) is 0 Å². The smallest absolute Gasteiger partial charge is 0.305 e. The molecule has 9 rings (SSSR count). The molecule has 0 saturated carbocycles. The molecule has 7 aromatic rings. The van der Waals surface area contributed by atoms with Crippen LogP contribution in [0.3, 0.4) is 0 Å². The summed E-state index contributed by atoms with van der Waals surface area (Å²) in [5.74, 6) is -17.1. The molecule has 2 aliphatic heterocycles. The number of aliphatic carboxylic acids is 1. The van der Waals surface area contributed by atoms with E-state index >= 15 is 47.9 Å². The van der Waals surface area contributed by atoms with Crippen molar-refractivity contribution in [1.29, 1.82) is 0 Å². The van der Waals surface area contributed by atoms with Crippen molar-refractivity contribution in [2.24, 2.45) is 17.6 Å². The SMILES string of the molecule is CCCC[C@H]1C(=O)N(C)CC(=O)N[C@@H](CC(=O)O)C(=O)N[C@@H](C(C)C)C(=O)N(C)[C@@H](Cc2ccccc2)C(=O)N[C@@H](Cc2ccc(O)cc2)C(=O)N2CCC[C@@H]2C(=O)N[C@@H](Cc2c[nH]c3ccccc23)C(=O)N[C@@H](Cc2ccc(O)cc2)C(=O)N[C@@H](CC(C)C)C(=O)N[C@H](C(=O)NCC(N)=O)CSCC(=O)N[C@@H](Cc2ccccc2)C(=O)N(C)[C@@H](Cc2ccccc2)C(=O)N1C. The fourth-order valence-corrected chi connectivity index (χ4v) is 16.8. The number of para-hydroxylation sites is 1. The Balaban J connectivity index is 1.12. The second kappa shape index (κ2) is 48.7. The molecule has 0 bridgehead atoms. The van der Waals surface area contributed by atoms with Gasteiger partial charge < -0.3 is 98.4 Å². The molecule has 2 saturated heterocycles. The number of phenolic OH excluding ortho intramolecular Hbond substituents is 2. The number of carboxylic acids is 1. The molecule has 0 spiro atoms. The minimum atomic E-state index is -1.90. The van der Waals surface area contributed by atoms with Gasteiger partial charge in [-0.2, -0.15) is 0 Å². The number of carboxylic acid groups (broad SMARTS) is 1. The number of hydrogen-bond acceptors (Lipinski definition) is 19. The van der Waals surface area contributed by atoms with Crippen LogP contribution in [0.25, 0.3) is 10.9 Å². The molecule has 12 atom stereocenters. The van der Waals surface area contributed by atoms with Gasteiger partial charge >= 0.3 is 5.97 Å². The summed E-state index contributed by atoms with van der Waals surface area (Å²) >= 11 is 0.834. The van der Waals surface area contributed by atoms with Crippen LogP contribution in [0.15, 0.2) is 170 Å². The zero-order valence-corrected chi connectivity index (χ0v) is 75.9. The first-order chi connectivity index (χ1) is 62.5. The van der Waals surface area contributed by atoms with Crippen molar-refractivity contribution >= 4 is 117 Å². The Kier molecular flexibility index (Phi) is 37.5. The highest BCUT2D eigenvalue weighted by Gasteiger charge is 2.45. The quantitative estimate of drug-likeness (QED) is 0.0438. The van der Waals surface area contributed by atoms with Crippen molar-refractivity contribution in [2.75, 3.05) is 59.3 Å². The summed E-state index contributed by atoms with van der Waals surface area (Å²) in [5, 5.41) is 56.1. The van der Waals surface area contributed by atoms with E-state index in [-0.39, 0.29) is 93.9 Å². The highest BCUT2D eigenvalue weighted by atomic mass is 32.2. The third kappa shape index (κ3) is 29.4. The number of rotatable bonds is 23. The minimum absolute atomic E-state index is 0.0303. The lowest BCUT2D eigenvalue weighted by atomic mass is 9.98. The number of nitrogens with one attached hydrogen (secondary N) is 10. The van der Waals surface area contributed by atoms with Crippen molar-refractivity contribution in [2.45, 2.75) is 191 Å². The van der Waals surface area contributed by atoms with Crippen molar-refractivity contribution in [3.05, 3.63) is 203 Å². The van der Waals surface area contributed by atoms with Crippen LogP contribution in [-0.4, -0.2) is 271 Å². The van der Waals surface area contributed by atoms with Crippen molar-refractivity contribution < 1.29 is 92.0 Å². The van der Waals surface area contributed by atoms with Crippen LogP contribution < -0.4 is 53.6 Å². The molecule has 2 aliphatic rings. The fourth-order valence-electron chi connectivity index (χ4n) is 15.9. The Morgan fingerprint density at radius 3 is 1.53 bits per heavy atom. The minimum Gasteiger partial charge on any atom is -0.508 e. The lowest BCUT2D eigenvalue weighted by Crippen LogP contribution is -2.62. The Hall–Kier alpha value is -13.7. The molecule has 2 fully saturated rings. The van der Waals surface area contributed by atoms with Gasteiger partial charge in [0.1, 0.15) is 84.0 Å². The number of primary amides is 1. The number of nitrogens with zero attached hydrogens (tertiary/aromatic N) is 5. The summed E-state index contributed by atoms with van der Waals surface area (Å²) in [5.41, 5.74) is 9.21. The number of aromatic amines is 1. The van der Waals surface area contributed by atoms with Crippen LogP contribution in [0.2, 0.25) is 0 Å². The normalized spacial score (nSPS) is 22.7. The van der Waals surface area contributed by atoms with E-state index < -0.39 is 198 Å². The molecule has 0 radical (unpaired) electrons. The van der Waals surface area contributed by atoms with Crippen LogP contribution in [0.1, 0.15) is 113 Å². The largest absolute Gasteiger partial charge is 0.508 e. The first-order valence-corrected chi connectivity index (χ1v) is 45.0. The molecule has 35 nitrogen and oxygen atoms in total. The molecule has 700 valence electrons. The van der Waals surface area contributed by atoms with Gasteiger partial charge in [0.2, 0.25) is 88.6 Å². The highest BCUT2D eigenvalue weighted by molar-refractivity contribution is 8.00. The molecule has 6 aromatic carbocycles. The topological polar surface area (TPSA) is 500 Å². The molecular weight excluding hydrogens is 1700 g/mol. The van der Waals surface area contributed by atoms with Gasteiger partial charge in [-0.05, 0) is 101 Å². The zero-order valence-electron chi connectivity index (χ0n) is 75.1. The van der Waals surface area contributed by atoms with Gasteiger partial charge in [-0.25, -0.2) is 0 Å². The Morgan fingerprint density at radius 1 is 0.489 bits per heavy atom. The number of H-pyrrole nitrogens is 1. The Morgan fingerprint density at radius 2 is 0.969 bits per heavy atom. The molecule has 15 amide bonds. The lowest BCUT2D eigenvalue weighted by molar-refractivity contribution is -0.151. The highest BCUT2D eigenvalue weighted by Crippen LogP contribution is 2.27. The summed E-state index contributed by atoms with van der Waals surface area (Å²) in [6.45, 7) is 6.95. The standard InChI is InChI=1S/C95H120N16O19S/c1-10-11-32-76-93(128)107(6)53-80(115)99-71(50-82(117)118)88(123)106-83(57(4)5)95(130)109(8)77(47-59-26-17-13-18-27-59)90(125)104-73(46-62-36-40-65(113)41-37-62)92(127)111-42-23-33-75(111)89(124)103-70(49-63-51-97-67-31-22-21-30-66(63)67)87(122)102-69(44-61-34-38-64(112)39-35-61)86(121)101-68(43-56(2)3)85(120)105-74(84(119)98-52-79(96)114)54-131-55-81(116)100-72(45-58-24-15-12-16-25-58)91(126)110(9)78(94(129)108(76)7)48-60-28-19-14-20-29-60/h12-22,24-31,34-41,51,56-57,68-78,83,97,112-113H,10-11,23,32-33,42-50,52-55H2,1-9H3,(H2,96,114)(H,98,119)(H,99,115)(H,100,116)(H,101,121)(H,102,122)(H,103,124)(H,104,125)(H,105,120)(H,106,123)(H,117,118)/t68-,69-,70-,71-,72-,73-,74-,75+,76-,77-,78-,83-/m0/s1. The predicted molar refractivity (Wildman–Crippen MR) is 489 cm³/mol. The van der Waals surface area contributed by atoms with E-state index in [4.69, 9.17) is 5.73 Å². The van der Waals surface area contributed by atoms with Gasteiger partial charge in [-0.15, -0.1) is 11.8 Å². The van der Waals surface area contributed by atoms with Crippen molar-refractivity contribution in [3.63, 3.8) is 0 Å². The maximum atomic E-state index is 15.7. The summed E-state index contributed by atoms with van der Waals surface area (Å²) < 4.78 is 0. The monoisotopic (exact) mass is 1820 g/mol. The lowest BCUT2D eigenvalue weighted by Gasteiger charge is -2.37. The van der Waals surface area contributed by atoms with Gasteiger partial charge in [-0.1, -0.05) is 181 Å². The maximum Gasteiger partial charge on any atom is 0.305 e. The number of thioether (sulfide) groups is 1. The van der Waals surface area contributed by atoms with Crippen LogP contribution in [0.5, 0.6) is 11.5 Å². The average molecular weight is 1820 g/mol. The van der Waals surface area contributed by atoms with E-state index in [0.29, 0.717) is 57.1 Å². The number of amides is 15. The van der Waals surface area contributed by atoms with Gasteiger partial charge in [0.25, 0.3) is 0 Å². The fraction of sp³-hybridized carbons (Fsp3) is 0.432. The van der Waals surface area contributed by atoms with E-state index in [0.717, 1.165) is 21.6 Å². The van der Waals surface area contributed by atoms with E-state index in [1.54, 1.807) is 149 Å². The van der Waals surface area contributed by atoms with Crippen LogP contribution in [0, 0.1) is 11.8 Å². The molecule has 3 heterocycles. The van der Waals surface area contributed by atoms with E-state index in [2.05, 4.69) is 52.8 Å². The number of unbranched alkanes of at least 4 members (excludes halogenated alkanes) is 1. The zero-order chi connectivity index (χ0) is 95.3. The number of hydrogen-bond donors (Lipinski definition) is 14. The van der Waals surface area contributed by atoms with Gasteiger partial charge in [0, 0.05) is 96.1 Å². The van der Waals surface area contributed by atoms with Gasteiger partial charge in [-0.3, -0.25) is 76.7 Å². The third-order valence-corrected chi connectivity index (χ3v) is 24.2. The summed E-state index contributed by atoms with van der Waals surface area (Å²) in [4.78, 5) is 246. The average Bonchev–Trinajstić information content (AvgIpc) is 1.77.